The summed E-state index contributed by atoms with van der Waals surface area (Å²) in [6.07, 6.45) is 1.33. The van der Waals surface area contributed by atoms with Gasteiger partial charge in [-0.3, -0.25) is 0 Å². The van der Waals surface area contributed by atoms with Gasteiger partial charge in [0.1, 0.15) is 5.82 Å². The molecule has 0 radical (unpaired) electrons. The molecule has 0 fully saturated rings. The van der Waals surface area contributed by atoms with E-state index in [1.807, 2.05) is 33.0 Å². The molecule has 1 aromatic carbocycles. The Balaban J connectivity index is 2.06. The number of hydrogen-bond acceptors (Lipinski definition) is 3. The summed E-state index contributed by atoms with van der Waals surface area (Å²) in [6.45, 7) is 8.31. The van der Waals surface area contributed by atoms with E-state index >= 15 is 0 Å². The second kappa shape index (κ2) is 9.86. The lowest BCUT2D eigenvalue weighted by Gasteiger charge is -2.17. The first kappa shape index (κ1) is 17.1. The normalized spacial score (nSPS) is 11.5. The average molecular weight is 282 g/mol. The highest BCUT2D eigenvalue weighted by atomic mass is 19.1. The lowest BCUT2D eigenvalue weighted by Crippen LogP contribution is -2.30. The van der Waals surface area contributed by atoms with Crippen molar-refractivity contribution in [2.75, 3.05) is 33.3 Å². The Kier molecular flexibility index (Phi) is 8.42. The van der Waals surface area contributed by atoms with Crippen molar-refractivity contribution in [2.24, 2.45) is 0 Å². The number of benzene rings is 1. The Hall–Kier alpha value is -0.970. The molecule has 0 atom stereocenters. The molecule has 0 saturated heterocycles. The first-order valence-corrected chi connectivity index (χ1v) is 7.34. The lowest BCUT2D eigenvalue weighted by atomic mass is 10.2. The molecule has 0 heterocycles. The van der Waals surface area contributed by atoms with Crippen molar-refractivity contribution in [2.45, 2.75) is 32.9 Å². The van der Waals surface area contributed by atoms with Crippen molar-refractivity contribution >= 4 is 0 Å². The van der Waals surface area contributed by atoms with Crippen molar-refractivity contribution in [3.63, 3.8) is 0 Å². The zero-order valence-electron chi connectivity index (χ0n) is 12.9. The number of nitrogens with one attached hydrogen (secondary N) is 1. The molecule has 0 amide bonds. The highest BCUT2D eigenvalue weighted by molar-refractivity contribution is 5.16. The Labute approximate surface area is 122 Å². The van der Waals surface area contributed by atoms with E-state index in [-0.39, 0.29) is 5.82 Å². The van der Waals surface area contributed by atoms with Gasteiger partial charge in [-0.15, -0.1) is 0 Å². The van der Waals surface area contributed by atoms with Crippen LogP contribution in [0.25, 0.3) is 0 Å². The second-order valence-electron chi connectivity index (χ2n) is 5.35. The van der Waals surface area contributed by atoms with Crippen molar-refractivity contribution in [3.8, 4) is 0 Å². The molecule has 0 saturated carbocycles. The van der Waals surface area contributed by atoms with Crippen LogP contribution in [0.4, 0.5) is 4.39 Å². The maximum atomic E-state index is 13.5. The predicted molar refractivity (Wildman–Crippen MR) is 81.3 cm³/mol. The molecule has 0 bridgehead atoms. The van der Waals surface area contributed by atoms with Crippen LogP contribution in [0, 0.1) is 5.82 Å². The Morgan fingerprint density at radius 2 is 2.00 bits per heavy atom. The molecule has 1 aromatic rings. The van der Waals surface area contributed by atoms with Crippen LogP contribution in [-0.4, -0.2) is 44.3 Å². The fourth-order valence-corrected chi connectivity index (χ4v) is 1.91. The van der Waals surface area contributed by atoms with Crippen molar-refractivity contribution < 1.29 is 9.13 Å². The largest absolute Gasteiger partial charge is 0.379 e. The summed E-state index contributed by atoms with van der Waals surface area (Å²) in [5.74, 6) is -0.127. The van der Waals surface area contributed by atoms with Gasteiger partial charge in [0.05, 0.1) is 6.10 Å². The van der Waals surface area contributed by atoms with E-state index in [4.69, 9.17) is 4.74 Å². The van der Waals surface area contributed by atoms with Crippen LogP contribution in [0.15, 0.2) is 24.3 Å². The second-order valence-corrected chi connectivity index (χ2v) is 5.35. The maximum absolute atomic E-state index is 13.5. The summed E-state index contributed by atoms with van der Waals surface area (Å²) < 4.78 is 19.0. The van der Waals surface area contributed by atoms with Crippen LogP contribution >= 0.6 is 0 Å². The Morgan fingerprint density at radius 3 is 2.70 bits per heavy atom. The molecule has 0 aromatic heterocycles. The molecule has 4 heteroatoms. The molecule has 0 unspecified atom stereocenters. The van der Waals surface area contributed by atoms with Crippen molar-refractivity contribution in [1.82, 2.24) is 10.2 Å². The molecule has 1 rings (SSSR count). The first-order valence-electron chi connectivity index (χ1n) is 7.34. The highest BCUT2D eigenvalue weighted by Crippen LogP contribution is 2.08. The molecule has 0 aliphatic carbocycles. The number of ether oxygens (including phenoxy) is 1. The minimum atomic E-state index is -0.127. The van der Waals surface area contributed by atoms with Gasteiger partial charge < -0.3 is 15.0 Å². The van der Waals surface area contributed by atoms with E-state index in [2.05, 4.69) is 10.2 Å². The summed E-state index contributed by atoms with van der Waals surface area (Å²) in [6, 6.07) is 6.94. The summed E-state index contributed by atoms with van der Waals surface area (Å²) in [4.78, 5) is 2.12. The van der Waals surface area contributed by atoms with Gasteiger partial charge >= 0.3 is 0 Å². The predicted octanol–water partition coefficient (Wildman–Crippen LogP) is 2.66. The first-order chi connectivity index (χ1) is 9.59. The van der Waals surface area contributed by atoms with Gasteiger partial charge in [-0.05, 0) is 39.9 Å². The van der Waals surface area contributed by atoms with E-state index in [0.29, 0.717) is 12.6 Å². The van der Waals surface area contributed by atoms with Gasteiger partial charge in [0, 0.05) is 31.8 Å². The third kappa shape index (κ3) is 7.58. The van der Waals surface area contributed by atoms with Gasteiger partial charge in [0.2, 0.25) is 0 Å². The minimum Gasteiger partial charge on any atom is -0.379 e. The zero-order valence-corrected chi connectivity index (χ0v) is 12.9. The lowest BCUT2D eigenvalue weighted by molar-refractivity contribution is 0.0770. The molecule has 0 spiro atoms. The number of nitrogens with zero attached hydrogens (tertiary/aromatic N) is 1. The Bertz CT molecular complexity index is 371. The summed E-state index contributed by atoms with van der Waals surface area (Å²) >= 11 is 0. The third-order valence-corrected chi connectivity index (χ3v) is 3.02. The van der Waals surface area contributed by atoms with E-state index in [9.17, 15) is 4.39 Å². The fourth-order valence-electron chi connectivity index (χ4n) is 1.91. The van der Waals surface area contributed by atoms with Crippen LogP contribution in [0.1, 0.15) is 25.8 Å². The maximum Gasteiger partial charge on any atom is 0.127 e. The number of halogens is 1. The monoisotopic (exact) mass is 282 g/mol. The van der Waals surface area contributed by atoms with Crippen LogP contribution < -0.4 is 5.32 Å². The SMILES string of the molecule is CC(C)OCCCNCCN(C)Cc1ccccc1F. The Morgan fingerprint density at radius 1 is 1.25 bits per heavy atom. The molecular weight excluding hydrogens is 255 g/mol. The summed E-state index contributed by atoms with van der Waals surface area (Å²) in [7, 11) is 2.01. The zero-order chi connectivity index (χ0) is 14.8. The summed E-state index contributed by atoms with van der Waals surface area (Å²) in [5, 5.41) is 3.38. The average Bonchev–Trinajstić information content (AvgIpc) is 2.40. The number of rotatable bonds is 10. The van der Waals surface area contributed by atoms with Gasteiger partial charge in [0.25, 0.3) is 0 Å². The molecule has 20 heavy (non-hydrogen) atoms. The molecular formula is C16H27FN2O. The van der Waals surface area contributed by atoms with Gasteiger partial charge in [-0.25, -0.2) is 4.39 Å². The van der Waals surface area contributed by atoms with Crippen molar-refractivity contribution in [1.29, 1.82) is 0 Å². The van der Waals surface area contributed by atoms with E-state index in [0.717, 1.165) is 38.2 Å². The standard InChI is InChI=1S/C16H27FN2O/c1-14(2)20-12-6-9-18-10-11-19(3)13-15-7-4-5-8-16(15)17/h4-5,7-8,14,18H,6,9-13H2,1-3H3. The smallest absolute Gasteiger partial charge is 0.127 e. The van der Waals surface area contributed by atoms with Crippen molar-refractivity contribution in [3.05, 3.63) is 35.6 Å². The molecule has 1 N–H and O–H groups in total. The highest BCUT2D eigenvalue weighted by Gasteiger charge is 2.04. The van der Waals surface area contributed by atoms with E-state index in [1.54, 1.807) is 6.07 Å². The molecule has 114 valence electrons. The summed E-state index contributed by atoms with van der Waals surface area (Å²) in [5.41, 5.74) is 0.750. The minimum absolute atomic E-state index is 0.127. The number of likely N-dealkylation sites (N-methyl/N-ethyl adjacent to an activating group) is 1. The molecule has 0 aliphatic rings. The third-order valence-electron chi connectivity index (χ3n) is 3.02. The fraction of sp³-hybridized carbons (Fsp3) is 0.625. The van der Waals surface area contributed by atoms with E-state index in [1.165, 1.54) is 6.07 Å². The van der Waals surface area contributed by atoms with Crippen LogP contribution in [0.3, 0.4) is 0 Å². The topological polar surface area (TPSA) is 24.5 Å². The van der Waals surface area contributed by atoms with Gasteiger partial charge in [0.15, 0.2) is 0 Å². The quantitative estimate of drug-likeness (QED) is 0.668. The van der Waals surface area contributed by atoms with Crippen LogP contribution in [-0.2, 0) is 11.3 Å². The van der Waals surface area contributed by atoms with Gasteiger partial charge in [-0.2, -0.15) is 0 Å². The number of hydrogen-bond donors (Lipinski definition) is 1. The van der Waals surface area contributed by atoms with Crippen LogP contribution in [0.5, 0.6) is 0 Å². The van der Waals surface area contributed by atoms with Gasteiger partial charge in [-0.1, -0.05) is 18.2 Å². The van der Waals surface area contributed by atoms with E-state index < -0.39 is 0 Å². The van der Waals surface area contributed by atoms with Crippen LogP contribution in [0.2, 0.25) is 0 Å². The molecule has 3 nitrogen and oxygen atoms in total. The molecule has 0 aliphatic heterocycles.